The van der Waals surface area contributed by atoms with Crippen LogP contribution in [0.1, 0.15) is 11.4 Å². The quantitative estimate of drug-likeness (QED) is 0.777. The largest absolute Gasteiger partial charge is 0.236 e. The van der Waals surface area contributed by atoms with Gasteiger partial charge in [-0.3, -0.25) is 0 Å². The standard InChI is InChI=1S/C11H10BrClN2/c1-7-11(13)8(2)15(14-7)10-5-3-9(12)4-6-10/h3-6H,1-2H3. The van der Waals surface area contributed by atoms with Crippen molar-refractivity contribution in [1.29, 1.82) is 0 Å². The van der Waals surface area contributed by atoms with Gasteiger partial charge >= 0.3 is 0 Å². The van der Waals surface area contributed by atoms with Gasteiger partial charge in [0.1, 0.15) is 0 Å². The average Bonchev–Trinajstić information content (AvgIpc) is 2.47. The Kier molecular flexibility index (Phi) is 2.85. The second-order valence-electron chi connectivity index (χ2n) is 3.37. The molecule has 0 spiro atoms. The number of hydrogen-bond donors (Lipinski definition) is 0. The minimum Gasteiger partial charge on any atom is -0.236 e. The molecule has 15 heavy (non-hydrogen) atoms. The van der Waals surface area contributed by atoms with Crippen LogP contribution in [0, 0.1) is 13.8 Å². The van der Waals surface area contributed by atoms with Crippen molar-refractivity contribution in [3.05, 3.63) is 45.1 Å². The summed E-state index contributed by atoms with van der Waals surface area (Å²) in [6.45, 7) is 3.87. The third-order valence-corrected chi connectivity index (χ3v) is 3.35. The zero-order valence-electron chi connectivity index (χ0n) is 8.46. The van der Waals surface area contributed by atoms with Crippen molar-refractivity contribution >= 4 is 27.5 Å². The summed E-state index contributed by atoms with van der Waals surface area (Å²) < 4.78 is 2.91. The Hall–Kier alpha value is -0.800. The molecule has 0 saturated heterocycles. The highest BCUT2D eigenvalue weighted by atomic mass is 79.9. The fourth-order valence-electron chi connectivity index (χ4n) is 1.46. The number of aromatic nitrogens is 2. The maximum Gasteiger partial charge on any atom is 0.0848 e. The number of rotatable bonds is 1. The first-order chi connectivity index (χ1) is 7.09. The molecule has 0 bridgehead atoms. The molecule has 0 saturated carbocycles. The van der Waals surface area contributed by atoms with Gasteiger partial charge in [-0.05, 0) is 38.1 Å². The van der Waals surface area contributed by atoms with E-state index in [1.165, 1.54) is 0 Å². The lowest BCUT2D eigenvalue weighted by atomic mass is 10.3. The van der Waals surface area contributed by atoms with Crippen LogP contribution in [0.15, 0.2) is 28.7 Å². The van der Waals surface area contributed by atoms with Crippen LogP contribution in [0.4, 0.5) is 0 Å². The molecule has 0 atom stereocenters. The molecule has 1 heterocycles. The van der Waals surface area contributed by atoms with Crippen LogP contribution in [0.3, 0.4) is 0 Å². The molecule has 0 unspecified atom stereocenters. The van der Waals surface area contributed by atoms with Crippen LogP contribution in [0.5, 0.6) is 0 Å². The van der Waals surface area contributed by atoms with Gasteiger partial charge in [0.05, 0.1) is 22.1 Å². The number of benzene rings is 1. The van der Waals surface area contributed by atoms with E-state index in [4.69, 9.17) is 11.6 Å². The van der Waals surface area contributed by atoms with Gasteiger partial charge in [0, 0.05) is 4.47 Å². The second kappa shape index (κ2) is 3.99. The fraction of sp³-hybridized carbons (Fsp3) is 0.182. The van der Waals surface area contributed by atoms with E-state index in [0.717, 1.165) is 26.6 Å². The summed E-state index contributed by atoms with van der Waals surface area (Å²) in [4.78, 5) is 0. The Morgan fingerprint density at radius 1 is 1.20 bits per heavy atom. The summed E-state index contributed by atoms with van der Waals surface area (Å²) in [6, 6.07) is 7.97. The molecular weight excluding hydrogens is 275 g/mol. The summed E-state index contributed by atoms with van der Waals surface area (Å²) in [6.07, 6.45) is 0. The summed E-state index contributed by atoms with van der Waals surface area (Å²) in [5.41, 5.74) is 2.85. The van der Waals surface area contributed by atoms with Gasteiger partial charge in [-0.15, -0.1) is 0 Å². The molecule has 0 aliphatic heterocycles. The second-order valence-corrected chi connectivity index (χ2v) is 4.67. The number of nitrogens with zero attached hydrogens (tertiary/aromatic N) is 2. The topological polar surface area (TPSA) is 17.8 Å². The van der Waals surface area contributed by atoms with Crippen LogP contribution < -0.4 is 0 Å². The van der Waals surface area contributed by atoms with Crippen molar-refractivity contribution in [3.8, 4) is 5.69 Å². The van der Waals surface area contributed by atoms with E-state index in [1.807, 2.05) is 42.8 Å². The lowest BCUT2D eigenvalue weighted by Crippen LogP contribution is -1.98. The van der Waals surface area contributed by atoms with Gasteiger partial charge in [0.25, 0.3) is 0 Å². The first-order valence-electron chi connectivity index (χ1n) is 4.57. The Labute approximate surface area is 102 Å². The first kappa shape index (κ1) is 10.7. The summed E-state index contributed by atoms with van der Waals surface area (Å²) in [5.74, 6) is 0. The number of halogens is 2. The summed E-state index contributed by atoms with van der Waals surface area (Å²) in [7, 11) is 0. The monoisotopic (exact) mass is 284 g/mol. The van der Waals surface area contributed by atoms with Crippen molar-refractivity contribution < 1.29 is 0 Å². The number of hydrogen-bond acceptors (Lipinski definition) is 1. The van der Waals surface area contributed by atoms with Crippen molar-refractivity contribution in [3.63, 3.8) is 0 Å². The van der Waals surface area contributed by atoms with Crippen LogP contribution in [-0.4, -0.2) is 9.78 Å². The van der Waals surface area contributed by atoms with Crippen LogP contribution in [0.25, 0.3) is 5.69 Å². The average molecular weight is 286 g/mol. The zero-order chi connectivity index (χ0) is 11.0. The van der Waals surface area contributed by atoms with Crippen LogP contribution in [-0.2, 0) is 0 Å². The first-order valence-corrected chi connectivity index (χ1v) is 5.74. The van der Waals surface area contributed by atoms with Gasteiger partial charge in [-0.2, -0.15) is 5.10 Å². The van der Waals surface area contributed by atoms with E-state index in [0.29, 0.717) is 0 Å². The van der Waals surface area contributed by atoms with E-state index >= 15 is 0 Å². The molecule has 4 heteroatoms. The Morgan fingerprint density at radius 3 is 2.27 bits per heavy atom. The molecule has 0 N–H and O–H groups in total. The maximum absolute atomic E-state index is 6.09. The van der Waals surface area contributed by atoms with Gasteiger partial charge in [-0.1, -0.05) is 27.5 Å². The predicted molar refractivity (Wildman–Crippen MR) is 65.7 cm³/mol. The van der Waals surface area contributed by atoms with E-state index in [2.05, 4.69) is 21.0 Å². The van der Waals surface area contributed by atoms with E-state index < -0.39 is 0 Å². The van der Waals surface area contributed by atoms with Crippen LogP contribution >= 0.6 is 27.5 Å². The fourth-order valence-corrected chi connectivity index (χ4v) is 1.84. The molecule has 2 nitrogen and oxygen atoms in total. The minimum atomic E-state index is 0.734. The molecular formula is C11H10BrClN2. The molecule has 1 aromatic carbocycles. The Bertz CT molecular complexity index is 488. The predicted octanol–water partition coefficient (Wildman–Crippen LogP) is 3.91. The van der Waals surface area contributed by atoms with E-state index in [9.17, 15) is 0 Å². The molecule has 2 rings (SSSR count). The molecule has 0 fully saturated rings. The third-order valence-electron chi connectivity index (χ3n) is 2.27. The molecule has 1 aromatic heterocycles. The van der Waals surface area contributed by atoms with E-state index in [-0.39, 0.29) is 0 Å². The maximum atomic E-state index is 6.09. The SMILES string of the molecule is Cc1nn(-c2ccc(Br)cc2)c(C)c1Cl. The van der Waals surface area contributed by atoms with Gasteiger partial charge < -0.3 is 0 Å². The zero-order valence-corrected chi connectivity index (χ0v) is 10.8. The minimum absolute atomic E-state index is 0.734. The third kappa shape index (κ3) is 1.94. The molecule has 0 aliphatic rings. The van der Waals surface area contributed by atoms with E-state index in [1.54, 1.807) is 0 Å². The highest BCUT2D eigenvalue weighted by molar-refractivity contribution is 9.10. The normalized spacial score (nSPS) is 10.7. The Balaban J connectivity index is 2.54. The Morgan fingerprint density at radius 2 is 1.80 bits per heavy atom. The number of aryl methyl sites for hydroxylation is 1. The molecule has 78 valence electrons. The summed E-state index contributed by atoms with van der Waals surface area (Å²) >= 11 is 9.49. The smallest absolute Gasteiger partial charge is 0.0848 e. The van der Waals surface area contributed by atoms with Crippen LogP contribution in [0.2, 0.25) is 5.02 Å². The van der Waals surface area contributed by atoms with Gasteiger partial charge in [0.15, 0.2) is 0 Å². The van der Waals surface area contributed by atoms with Gasteiger partial charge in [-0.25, -0.2) is 4.68 Å². The molecule has 0 aliphatic carbocycles. The highest BCUT2D eigenvalue weighted by Gasteiger charge is 2.09. The van der Waals surface area contributed by atoms with Crippen molar-refractivity contribution in [2.45, 2.75) is 13.8 Å². The summed E-state index contributed by atoms with van der Waals surface area (Å²) in [5, 5.41) is 5.11. The lowest BCUT2D eigenvalue weighted by Gasteiger charge is -2.03. The van der Waals surface area contributed by atoms with Crippen molar-refractivity contribution in [2.75, 3.05) is 0 Å². The highest BCUT2D eigenvalue weighted by Crippen LogP contribution is 2.23. The molecule has 0 amide bonds. The van der Waals surface area contributed by atoms with Gasteiger partial charge in [0.2, 0.25) is 0 Å². The lowest BCUT2D eigenvalue weighted by molar-refractivity contribution is 0.833. The van der Waals surface area contributed by atoms with Crippen molar-refractivity contribution in [1.82, 2.24) is 9.78 Å². The molecule has 0 radical (unpaired) electrons. The van der Waals surface area contributed by atoms with Crippen molar-refractivity contribution in [2.24, 2.45) is 0 Å². The molecule has 2 aromatic rings.